The largest absolute Gasteiger partial charge is 0.482 e. The fraction of sp³-hybridized carbons (Fsp3) is 0.600. The van der Waals surface area contributed by atoms with Gasteiger partial charge in [-0.2, -0.15) is 0 Å². The predicted molar refractivity (Wildman–Crippen MR) is 102 cm³/mol. The lowest BCUT2D eigenvalue weighted by Gasteiger charge is -2.56. The summed E-state index contributed by atoms with van der Waals surface area (Å²) in [4.78, 5) is 26.0. The minimum atomic E-state index is -0.172. The van der Waals surface area contributed by atoms with E-state index in [-0.39, 0.29) is 36.1 Å². The Bertz CT molecular complexity index is 745. The normalized spacial score (nSPS) is 25.2. The van der Waals surface area contributed by atoms with E-state index in [9.17, 15) is 9.59 Å². The molecular weight excluding hydrogens is 346 g/mol. The second kappa shape index (κ2) is 7.03. The van der Waals surface area contributed by atoms with Gasteiger partial charge in [0.1, 0.15) is 5.75 Å². The molecule has 0 radical (unpaired) electrons. The molecule has 2 fully saturated rings. The molecule has 2 saturated carbocycles. The van der Waals surface area contributed by atoms with E-state index < -0.39 is 0 Å². The van der Waals surface area contributed by atoms with Gasteiger partial charge >= 0.3 is 6.03 Å². The van der Waals surface area contributed by atoms with Crippen molar-refractivity contribution in [3.8, 4) is 5.75 Å². The topological polar surface area (TPSA) is 79.9 Å². The Kier molecular flexibility index (Phi) is 4.72. The fourth-order valence-electron chi connectivity index (χ4n) is 4.90. The van der Waals surface area contributed by atoms with Crippen LogP contribution in [0.1, 0.15) is 39.0 Å². The molecule has 1 aromatic carbocycles. The summed E-state index contributed by atoms with van der Waals surface area (Å²) >= 11 is 0. The molecule has 7 heteroatoms. The fourth-order valence-corrected chi connectivity index (χ4v) is 4.90. The van der Waals surface area contributed by atoms with Crippen LogP contribution in [-0.4, -0.2) is 49.2 Å². The van der Waals surface area contributed by atoms with Crippen LogP contribution in [0.25, 0.3) is 0 Å². The average molecular weight is 373 g/mol. The minimum absolute atomic E-state index is 0.00624. The van der Waals surface area contributed by atoms with E-state index >= 15 is 0 Å². The monoisotopic (exact) mass is 373 g/mol. The molecule has 146 valence electrons. The minimum Gasteiger partial charge on any atom is -0.482 e. The molecule has 3 amide bonds. The highest BCUT2D eigenvalue weighted by atomic mass is 16.5. The molecule has 2 aliphatic carbocycles. The van der Waals surface area contributed by atoms with Crippen LogP contribution in [0, 0.1) is 5.41 Å². The zero-order valence-corrected chi connectivity index (χ0v) is 15.9. The van der Waals surface area contributed by atoms with Crippen LogP contribution in [0.5, 0.6) is 5.75 Å². The molecule has 0 bridgehead atoms. The number of urea groups is 1. The lowest BCUT2D eigenvalue weighted by Crippen LogP contribution is -2.64. The maximum absolute atomic E-state index is 12.8. The van der Waals surface area contributed by atoms with Crippen LogP contribution in [0.3, 0.4) is 0 Å². The van der Waals surface area contributed by atoms with E-state index in [0.717, 1.165) is 25.9 Å². The summed E-state index contributed by atoms with van der Waals surface area (Å²) in [6.07, 6.45) is 5.86. The number of carbonyl (C=O) groups excluding carboxylic acids is 2. The number of amides is 3. The van der Waals surface area contributed by atoms with Crippen molar-refractivity contribution >= 4 is 23.3 Å². The van der Waals surface area contributed by atoms with Gasteiger partial charge in [0, 0.05) is 36.9 Å². The Balaban J connectivity index is 1.43. The molecule has 2 atom stereocenters. The quantitative estimate of drug-likeness (QED) is 0.849. The summed E-state index contributed by atoms with van der Waals surface area (Å²) in [5, 5.41) is 5.71. The molecule has 1 heterocycles. The summed E-state index contributed by atoms with van der Waals surface area (Å²) in [5.74, 6) is 0.400. The highest BCUT2D eigenvalue weighted by Gasteiger charge is 2.58. The molecule has 1 spiro atoms. The molecule has 3 aliphatic rings. The van der Waals surface area contributed by atoms with Crippen LogP contribution in [-0.2, 0) is 9.53 Å². The van der Waals surface area contributed by atoms with Crippen molar-refractivity contribution < 1.29 is 19.1 Å². The van der Waals surface area contributed by atoms with Gasteiger partial charge in [-0.05, 0) is 38.3 Å². The average Bonchev–Trinajstić information content (AvgIpc) is 3.17. The molecule has 4 rings (SSSR count). The van der Waals surface area contributed by atoms with E-state index in [1.165, 1.54) is 12.8 Å². The first kappa shape index (κ1) is 18.1. The van der Waals surface area contributed by atoms with Crippen LogP contribution >= 0.6 is 0 Å². The van der Waals surface area contributed by atoms with Crippen molar-refractivity contribution in [2.75, 3.05) is 30.9 Å². The zero-order chi connectivity index (χ0) is 19.0. The van der Waals surface area contributed by atoms with E-state index in [0.29, 0.717) is 17.1 Å². The van der Waals surface area contributed by atoms with Gasteiger partial charge in [0.25, 0.3) is 5.91 Å². The van der Waals surface area contributed by atoms with Gasteiger partial charge in [-0.25, -0.2) is 4.79 Å². The standard InChI is InChI=1S/C20H27N3O4/c1-3-26-17-11-16(20(17)8-4-5-9-20)23(2)19(25)21-13-6-7-14-15(10-13)27-12-18(24)22-14/h6-7,10,16-17H,3-5,8-9,11-12H2,1-2H3,(H,21,25)(H,22,24)/t16-,17+/m1/s1. The van der Waals surface area contributed by atoms with E-state index in [1.807, 2.05) is 18.9 Å². The van der Waals surface area contributed by atoms with Crippen molar-refractivity contribution in [3.63, 3.8) is 0 Å². The number of ether oxygens (including phenoxy) is 2. The van der Waals surface area contributed by atoms with Gasteiger partial charge in [-0.1, -0.05) is 12.8 Å². The van der Waals surface area contributed by atoms with Crippen molar-refractivity contribution in [2.24, 2.45) is 5.41 Å². The third-order valence-electron chi connectivity index (χ3n) is 6.30. The Morgan fingerprint density at radius 2 is 2.19 bits per heavy atom. The van der Waals surface area contributed by atoms with Gasteiger partial charge in [0.2, 0.25) is 0 Å². The molecule has 1 aromatic rings. The Labute approximate surface area is 159 Å². The van der Waals surface area contributed by atoms with Gasteiger partial charge in [-0.3, -0.25) is 4.79 Å². The zero-order valence-electron chi connectivity index (χ0n) is 15.9. The van der Waals surface area contributed by atoms with Crippen LogP contribution in [0.4, 0.5) is 16.2 Å². The molecular formula is C20H27N3O4. The lowest BCUT2D eigenvalue weighted by molar-refractivity contribution is -0.150. The van der Waals surface area contributed by atoms with E-state index in [4.69, 9.17) is 9.47 Å². The van der Waals surface area contributed by atoms with Crippen LogP contribution in [0.15, 0.2) is 18.2 Å². The first-order valence-electron chi connectivity index (χ1n) is 9.75. The Morgan fingerprint density at radius 1 is 1.41 bits per heavy atom. The molecule has 0 saturated heterocycles. The van der Waals surface area contributed by atoms with E-state index in [2.05, 4.69) is 10.6 Å². The second-order valence-electron chi connectivity index (χ2n) is 7.72. The number of fused-ring (bicyclic) bond motifs is 1. The molecule has 1 aliphatic heterocycles. The summed E-state index contributed by atoms with van der Waals surface area (Å²) < 4.78 is 11.4. The van der Waals surface area contributed by atoms with Crippen molar-refractivity contribution in [2.45, 2.75) is 51.2 Å². The maximum Gasteiger partial charge on any atom is 0.321 e. The number of benzene rings is 1. The first-order chi connectivity index (χ1) is 13.0. The molecule has 2 N–H and O–H groups in total. The van der Waals surface area contributed by atoms with Crippen molar-refractivity contribution in [1.29, 1.82) is 0 Å². The third-order valence-corrected chi connectivity index (χ3v) is 6.30. The number of rotatable bonds is 4. The van der Waals surface area contributed by atoms with Gasteiger partial charge in [0.05, 0.1) is 11.8 Å². The van der Waals surface area contributed by atoms with Gasteiger partial charge < -0.3 is 25.0 Å². The SMILES string of the molecule is CCO[C@H]1C[C@@H](N(C)C(=O)Nc2ccc3c(c2)OCC(=O)N3)C12CCCC2. The first-order valence-corrected chi connectivity index (χ1v) is 9.75. The van der Waals surface area contributed by atoms with Crippen LogP contribution in [0.2, 0.25) is 0 Å². The molecule has 27 heavy (non-hydrogen) atoms. The maximum atomic E-state index is 12.8. The van der Waals surface area contributed by atoms with Crippen molar-refractivity contribution in [3.05, 3.63) is 18.2 Å². The predicted octanol–water partition coefficient (Wildman–Crippen LogP) is 3.22. The molecule has 0 aromatic heterocycles. The summed E-state index contributed by atoms with van der Waals surface area (Å²) in [5.41, 5.74) is 1.40. The summed E-state index contributed by atoms with van der Waals surface area (Å²) in [7, 11) is 1.87. The van der Waals surface area contributed by atoms with Gasteiger partial charge in [-0.15, -0.1) is 0 Å². The highest BCUT2D eigenvalue weighted by molar-refractivity contribution is 5.96. The number of carbonyl (C=O) groups is 2. The number of hydrogen-bond donors (Lipinski definition) is 2. The highest BCUT2D eigenvalue weighted by Crippen LogP contribution is 2.56. The number of anilines is 2. The Hall–Kier alpha value is -2.28. The second-order valence-corrected chi connectivity index (χ2v) is 7.72. The van der Waals surface area contributed by atoms with Crippen molar-refractivity contribution in [1.82, 2.24) is 4.90 Å². The summed E-state index contributed by atoms with van der Waals surface area (Å²) in [6.45, 7) is 2.75. The molecule has 7 nitrogen and oxygen atoms in total. The lowest BCUT2D eigenvalue weighted by atomic mass is 9.60. The number of nitrogens with one attached hydrogen (secondary N) is 2. The molecule has 0 unspecified atom stereocenters. The number of nitrogens with zero attached hydrogens (tertiary/aromatic N) is 1. The smallest absolute Gasteiger partial charge is 0.321 e. The third kappa shape index (κ3) is 3.14. The van der Waals surface area contributed by atoms with Crippen LogP contribution < -0.4 is 15.4 Å². The summed E-state index contributed by atoms with van der Waals surface area (Å²) in [6, 6.07) is 5.35. The van der Waals surface area contributed by atoms with Gasteiger partial charge in [0.15, 0.2) is 6.61 Å². The number of hydrogen-bond acceptors (Lipinski definition) is 4. The van der Waals surface area contributed by atoms with E-state index in [1.54, 1.807) is 18.2 Å². The Morgan fingerprint density at radius 3 is 2.93 bits per heavy atom.